The third-order valence-electron chi connectivity index (χ3n) is 3.53. The molecule has 2 heterocycles. The number of nitrogens with zero attached hydrogens (tertiary/aromatic N) is 2. The Labute approximate surface area is 118 Å². The Morgan fingerprint density at radius 3 is 2.60 bits per heavy atom. The molecule has 0 saturated heterocycles. The third-order valence-corrected chi connectivity index (χ3v) is 3.53. The third kappa shape index (κ3) is 2.68. The van der Waals surface area contributed by atoms with E-state index in [1.54, 1.807) is 0 Å². The van der Waals surface area contributed by atoms with Crippen LogP contribution in [0.5, 0.6) is 0 Å². The lowest BCUT2D eigenvalue weighted by atomic mass is 10.0. The van der Waals surface area contributed by atoms with E-state index in [2.05, 4.69) is 34.6 Å². The van der Waals surface area contributed by atoms with Gasteiger partial charge >= 0.3 is 0 Å². The maximum absolute atomic E-state index is 4.73. The van der Waals surface area contributed by atoms with Crippen molar-refractivity contribution in [3.63, 3.8) is 0 Å². The number of para-hydroxylation sites is 1. The Kier molecular flexibility index (Phi) is 3.70. The molecule has 0 spiro atoms. The van der Waals surface area contributed by atoms with Crippen molar-refractivity contribution >= 4 is 10.9 Å². The summed E-state index contributed by atoms with van der Waals surface area (Å²) in [4.78, 5) is 8.80. The molecule has 1 N–H and O–H groups in total. The van der Waals surface area contributed by atoms with Crippen LogP contribution in [0.4, 0.5) is 0 Å². The minimum absolute atomic E-state index is 0.256. The molecule has 3 rings (SSSR count). The van der Waals surface area contributed by atoms with E-state index in [1.807, 2.05) is 43.7 Å². The van der Waals surface area contributed by atoms with Gasteiger partial charge in [0.2, 0.25) is 0 Å². The summed E-state index contributed by atoms with van der Waals surface area (Å²) < 4.78 is 0. The molecule has 20 heavy (non-hydrogen) atoms. The van der Waals surface area contributed by atoms with Gasteiger partial charge in [-0.25, -0.2) is 0 Å². The van der Waals surface area contributed by atoms with E-state index < -0.39 is 0 Å². The summed E-state index contributed by atoms with van der Waals surface area (Å²) in [5.74, 6) is 0. The second kappa shape index (κ2) is 5.80. The van der Waals surface area contributed by atoms with Crippen LogP contribution in [0.2, 0.25) is 0 Å². The molecular weight excluding hydrogens is 246 g/mol. The molecule has 0 fully saturated rings. The summed E-state index contributed by atoms with van der Waals surface area (Å²) in [6.07, 6.45) is 4.52. The SMILES string of the molecule is CNC(Cc1ccc2ccccc2n1)c1ccncc1. The van der Waals surface area contributed by atoms with Crippen molar-refractivity contribution in [3.8, 4) is 0 Å². The van der Waals surface area contributed by atoms with Crippen molar-refractivity contribution in [3.05, 3.63) is 72.2 Å². The van der Waals surface area contributed by atoms with Gasteiger partial charge in [0.05, 0.1) is 5.52 Å². The molecule has 0 aliphatic heterocycles. The maximum Gasteiger partial charge on any atom is 0.0705 e. The molecule has 100 valence electrons. The van der Waals surface area contributed by atoms with Gasteiger partial charge in [-0.2, -0.15) is 0 Å². The number of hydrogen-bond donors (Lipinski definition) is 1. The van der Waals surface area contributed by atoms with Crippen LogP contribution in [0.1, 0.15) is 17.3 Å². The first-order valence-corrected chi connectivity index (χ1v) is 6.78. The topological polar surface area (TPSA) is 37.8 Å². The number of benzene rings is 1. The summed E-state index contributed by atoms with van der Waals surface area (Å²) in [5.41, 5.74) is 3.38. The van der Waals surface area contributed by atoms with Crippen molar-refractivity contribution in [1.82, 2.24) is 15.3 Å². The molecular formula is C17H17N3. The first kappa shape index (κ1) is 12.8. The predicted molar refractivity (Wildman–Crippen MR) is 81.5 cm³/mol. The average Bonchev–Trinajstić information content (AvgIpc) is 2.53. The van der Waals surface area contributed by atoms with Crippen molar-refractivity contribution < 1.29 is 0 Å². The van der Waals surface area contributed by atoms with Gasteiger partial charge < -0.3 is 5.32 Å². The number of likely N-dealkylation sites (N-methyl/N-ethyl adjacent to an activating group) is 1. The highest BCUT2D eigenvalue weighted by Gasteiger charge is 2.10. The fourth-order valence-corrected chi connectivity index (χ4v) is 2.41. The van der Waals surface area contributed by atoms with E-state index in [4.69, 9.17) is 4.98 Å². The summed E-state index contributed by atoms with van der Waals surface area (Å²) in [6.45, 7) is 0. The first-order chi connectivity index (χ1) is 9.86. The number of pyridine rings is 2. The van der Waals surface area contributed by atoms with E-state index in [-0.39, 0.29) is 6.04 Å². The first-order valence-electron chi connectivity index (χ1n) is 6.78. The normalized spacial score (nSPS) is 12.4. The molecule has 0 amide bonds. The van der Waals surface area contributed by atoms with Gasteiger partial charge in [0.15, 0.2) is 0 Å². The predicted octanol–water partition coefficient (Wildman–Crippen LogP) is 3.13. The Bertz CT molecular complexity index is 695. The highest BCUT2D eigenvalue weighted by molar-refractivity contribution is 5.78. The zero-order valence-electron chi connectivity index (χ0n) is 11.5. The molecule has 1 unspecified atom stereocenters. The van der Waals surface area contributed by atoms with E-state index in [1.165, 1.54) is 10.9 Å². The van der Waals surface area contributed by atoms with Gasteiger partial charge in [-0.15, -0.1) is 0 Å². The number of rotatable bonds is 4. The van der Waals surface area contributed by atoms with E-state index in [9.17, 15) is 0 Å². The zero-order valence-corrected chi connectivity index (χ0v) is 11.5. The Hall–Kier alpha value is -2.26. The van der Waals surface area contributed by atoms with Crippen LogP contribution in [-0.4, -0.2) is 17.0 Å². The van der Waals surface area contributed by atoms with Gasteiger partial charge in [-0.05, 0) is 36.9 Å². The summed E-state index contributed by atoms with van der Waals surface area (Å²) in [5, 5.41) is 4.53. The average molecular weight is 263 g/mol. The van der Waals surface area contributed by atoms with Crippen LogP contribution < -0.4 is 5.32 Å². The van der Waals surface area contributed by atoms with E-state index in [0.717, 1.165) is 17.6 Å². The highest BCUT2D eigenvalue weighted by atomic mass is 14.9. The summed E-state index contributed by atoms with van der Waals surface area (Å²) >= 11 is 0. The second-order valence-corrected chi connectivity index (χ2v) is 4.82. The fourth-order valence-electron chi connectivity index (χ4n) is 2.41. The van der Waals surface area contributed by atoms with Crippen LogP contribution in [0.25, 0.3) is 10.9 Å². The van der Waals surface area contributed by atoms with Crippen LogP contribution in [0.15, 0.2) is 60.9 Å². The van der Waals surface area contributed by atoms with Crippen molar-refractivity contribution in [2.24, 2.45) is 0 Å². The summed E-state index contributed by atoms with van der Waals surface area (Å²) in [6, 6.07) is 16.8. The number of aromatic nitrogens is 2. The number of fused-ring (bicyclic) bond motifs is 1. The lowest BCUT2D eigenvalue weighted by molar-refractivity contribution is 0.585. The molecule has 0 aliphatic carbocycles. The quantitative estimate of drug-likeness (QED) is 0.786. The fraction of sp³-hybridized carbons (Fsp3) is 0.176. The molecule has 3 nitrogen and oxygen atoms in total. The zero-order chi connectivity index (χ0) is 13.8. The molecule has 1 aromatic carbocycles. The standard InChI is InChI=1S/C17H17N3/c1-18-17(14-8-10-19-11-9-14)12-15-7-6-13-4-2-3-5-16(13)20-15/h2-11,17-18H,12H2,1H3. The number of nitrogens with one attached hydrogen (secondary N) is 1. The van der Waals surface area contributed by atoms with Crippen molar-refractivity contribution in [1.29, 1.82) is 0 Å². The van der Waals surface area contributed by atoms with Crippen molar-refractivity contribution in [2.45, 2.75) is 12.5 Å². The highest BCUT2D eigenvalue weighted by Crippen LogP contribution is 2.18. The van der Waals surface area contributed by atoms with Crippen molar-refractivity contribution in [2.75, 3.05) is 7.05 Å². The molecule has 2 aromatic heterocycles. The monoisotopic (exact) mass is 263 g/mol. The lowest BCUT2D eigenvalue weighted by Crippen LogP contribution is -2.19. The number of hydrogen-bond acceptors (Lipinski definition) is 3. The molecule has 0 saturated carbocycles. The van der Waals surface area contributed by atoms with E-state index in [0.29, 0.717) is 0 Å². The van der Waals surface area contributed by atoms with Gasteiger partial charge in [-0.1, -0.05) is 24.3 Å². The summed E-state index contributed by atoms with van der Waals surface area (Å²) in [7, 11) is 1.98. The molecule has 3 heteroatoms. The second-order valence-electron chi connectivity index (χ2n) is 4.82. The Morgan fingerprint density at radius 1 is 1.00 bits per heavy atom. The van der Waals surface area contributed by atoms with Crippen LogP contribution >= 0.6 is 0 Å². The Balaban J connectivity index is 1.87. The molecule has 0 aliphatic rings. The van der Waals surface area contributed by atoms with Crippen LogP contribution in [0, 0.1) is 0 Å². The molecule has 3 aromatic rings. The van der Waals surface area contributed by atoms with Gasteiger partial charge in [0.1, 0.15) is 0 Å². The Morgan fingerprint density at radius 2 is 1.80 bits per heavy atom. The smallest absolute Gasteiger partial charge is 0.0705 e. The molecule has 0 bridgehead atoms. The lowest BCUT2D eigenvalue weighted by Gasteiger charge is -2.16. The molecule has 1 atom stereocenters. The van der Waals surface area contributed by atoms with E-state index >= 15 is 0 Å². The van der Waals surface area contributed by atoms with Gasteiger partial charge in [0.25, 0.3) is 0 Å². The van der Waals surface area contributed by atoms with Gasteiger partial charge in [0, 0.05) is 35.9 Å². The van der Waals surface area contributed by atoms with Crippen LogP contribution in [-0.2, 0) is 6.42 Å². The largest absolute Gasteiger partial charge is 0.313 e. The minimum atomic E-state index is 0.256. The minimum Gasteiger partial charge on any atom is -0.313 e. The maximum atomic E-state index is 4.73. The van der Waals surface area contributed by atoms with Gasteiger partial charge in [-0.3, -0.25) is 9.97 Å². The van der Waals surface area contributed by atoms with Crippen LogP contribution in [0.3, 0.4) is 0 Å². The molecule has 0 radical (unpaired) electrons.